The van der Waals surface area contributed by atoms with Gasteiger partial charge in [-0.2, -0.15) is 0 Å². The largest absolute Gasteiger partial charge is 0.436 e. The lowest BCUT2D eigenvalue weighted by molar-refractivity contribution is -0.120. The molecule has 0 spiro atoms. The normalized spacial score (nSPS) is 17.4. The maximum atomic E-state index is 12.2. The highest BCUT2D eigenvalue weighted by Crippen LogP contribution is 2.31. The Labute approximate surface area is 149 Å². The minimum atomic E-state index is -0.472. The van der Waals surface area contributed by atoms with Crippen LogP contribution in [0.1, 0.15) is 12.0 Å². The number of aryl methyl sites for hydroxylation is 1. The molecule has 1 aromatic heterocycles. The van der Waals surface area contributed by atoms with Gasteiger partial charge in [-0.3, -0.25) is 9.59 Å². The smallest absolute Gasteiger partial charge is 0.227 e. The Bertz CT molecular complexity index is 995. The van der Waals surface area contributed by atoms with Crippen molar-refractivity contribution in [1.29, 1.82) is 0 Å². The van der Waals surface area contributed by atoms with Gasteiger partial charge < -0.3 is 9.32 Å². The molecule has 0 saturated carbocycles. The third kappa shape index (κ3) is 2.81. The number of carbonyl (C=O) groups is 2. The lowest BCUT2D eigenvalue weighted by Gasteiger charge is -2.15. The second kappa shape index (κ2) is 6.01. The van der Waals surface area contributed by atoms with Gasteiger partial charge in [0.2, 0.25) is 17.0 Å². The molecule has 2 heterocycles. The first kappa shape index (κ1) is 15.8. The van der Waals surface area contributed by atoms with Crippen LogP contribution in [-0.2, 0) is 9.59 Å². The topological polar surface area (TPSA) is 63.4 Å². The summed E-state index contributed by atoms with van der Waals surface area (Å²) in [6.45, 7) is 2.30. The molecule has 1 amide bonds. The van der Waals surface area contributed by atoms with Crippen molar-refractivity contribution in [2.24, 2.45) is 5.92 Å². The number of hydrogen-bond acceptors (Lipinski definition) is 4. The van der Waals surface area contributed by atoms with Crippen LogP contribution in [0.3, 0.4) is 0 Å². The van der Waals surface area contributed by atoms with E-state index in [4.69, 9.17) is 16.0 Å². The summed E-state index contributed by atoms with van der Waals surface area (Å²) >= 11 is 5.54. The molecule has 0 bridgehead atoms. The average molecular weight is 355 g/mol. The van der Waals surface area contributed by atoms with E-state index in [-0.39, 0.29) is 12.3 Å². The minimum Gasteiger partial charge on any atom is -0.436 e. The van der Waals surface area contributed by atoms with Crippen molar-refractivity contribution in [3.63, 3.8) is 0 Å². The zero-order chi connectivity index (χ0) is 17.6. The van der Waals surface area contributed by atoms with Crippen molar-refractivity contribution in [3.05, 3.63) is 48.0 Å². The predicted molar refractivity (Wildman–Crippen MR) is 95.5 cm³/mol. The summed E-state index contributed by atoms with van der Waals surface area (Å²) in [5, 5.41) is -0.472. The number of nitrogens with zero attached hydrogens (tertiary/aromatic N) is 2. The number of oxazole rings is 1. The van der Waals surface area contributed by atoms with Gasteiger partial charge in [-0.25, -0.2) is 4.98 Å². The van der Waals surface area contributed by atoms with Crippen molar-refractivity contribution in [3.8, 4) is 11.5 Å². The summed E-state index contributed by atoms with van der Waals surface area (Å²) in [5.41, 5.74) is 4.03. The zero-order valence-electron chi connectivity index (χ0n) is 13.5. The predicted octanol–water partition coefficient (Wildman–Crippen LogP) is 3.92. The summed E-state index contributed by atoms with van der Waals surface area (Å²) < 4.78 is 5.85. The fourth-order valence-electron chi connectivity index (χ4n) is 3.12. The molecule has 4 rings (SSSR count). The first-order valence-corrected chi connectivity index (χ1v) is 8.37. The molecule has 1 fully saturated rings. The Morgan fingerprint density at radius 2 is 2.08 bits per heavy atom. The van der Waals surface area contributed by atoms with Crippen molar-refractivity contribution in [1.82, 2.24) is 4.98 Å². The highest BCUT2D eigenvalue weighted by molar-refractivity contribution is 6.64. The van der Waals surface area contributed by atoms with Gasteiger partial charge in [0.25, 0.3) is 0 Å². The van der Waals surface area contributed by atoms with E-state index in [0.717, 1.165) is 11.1 Å². The van der Waals surface area contributed by atoms with E-state index >= 15 is 0 Å². The van der Waals surface area contributed by atoms with Gasteiger partial charge >= 0.3 is 0 Å². The van der Waals surface area contributed by atoms with Crippen LogP contribution in [0.15, 0.2) is 46.9 Å². The van der Waals surface area contributed by atoms with E-state index in [1.165, 1.54) is 0 Å². The maximum absolute atomic E-state index is 12.2. The molecule has 6 heteroatoms. The molecule has 0 N–H and O–H groups in total. The number of amides is 1. The number of carbonyl (C=O) groups excluding carboxylic acids is 2. The molecule has 0 aliphatic carbocycles. The van der Waals surface area contributed by atoms with Crippen LogP contribution in [0.2, 0.25) is 0 Å². The van der Waals surface area contributed by atoms with Gasteiger partial charge in [-0.15, -0.1) is 0 Å². The number of aromatic nitrogens is 1. The Balaban J connectivity index is 1.71. The first-order valence-electron chi connectivity index (χ1n) is 7.99. The van der Waals surface area contributed by atoms with Crippen molar-refractivity contribution in [2.75, 3.05) is 11.4 Å². The second-order valence-corrected chi connectivity index (χ2v) is 6.57. The number of fused-ring (bicyclic) bond motifs is 1. The van der Waals surface area contributed by atoms with Crippen LogP contribution < -0.4 is 4.90 Å². The van der Waals surface area contributed by atoms with Crippen LogP contribution in [-0.4, -0.2) is 22.7 Å². The number of anilines is 1. The summed E-state index contributed by atoms with van der Waals surface area (Å²) in [7, 11) is 0. The van der Waals surface area contributed by atoms with Crippen LogP contribution in [0.5, 0.6) is 0 Å². The third-order valence-corrected chi connectivity index (χ3v) is 4.81. The van der Waals surface area contributed by atoms with Gasteiger partial charge in [0.1, 0.15) is 5.52 Å². The summed E-state index contributed by atoms with van der Waals surface area (Å²) in [5.74, 6) is -0.0162. The molecule has 1 saturated heterocycles. The van der Waals surface area contributed by atoms with Crippen molar-refractivity contribution in [2.45, 2.75) is 13.3 Å². The van der Waals surface area contributed by atoms with E-state index in [9.17, 15) is 9.59 Å². The fourth-order valence-corrected chi connectivity index (χ4v) is 3.27. The fraction of sp³-hybridized carbons (Fsp3) is 0.211. The molecule has 0 radical (unpaired) electrons. The average Bonchev–Trinajstić information content (AvgIpc) is 3.18. The zero-order valence-corrected chi connectivity index (χ0v) is 14.3. The van der Waals surface area contributed by atoms with E-state index in [1.807, 2.05) is 31.2 Å². The van der Waals surface area contributed by atoms with Gasteiger partial charge in [0, 0.05) is 24.2 Å². The summed E-state index contributed by atoms with van der Waals surface area (Å²) in [6.07, 6.45) is 0.146. The molecule has 2 aromatic carbocycles. The molecular weight excluding hydrogens is 340 g/mol. The number of rotatable bonds is 3. The quantitative estimate of drug-likeness (QED) is 0.669. The van der Waals surface area contributed by atoms with E-state index in [2.05, 4.69) is 4.98 Å². The Kier molecular flexibility index (Phi) is 3.81. The van der Waals surface area contributed by atoms with Crippen molar-refractivity contribution >= 4 is 39.5 Å². The van der Waals surface area contributed by atoms with E-state index in [1.54, 1.807) is 23.1 Å². The standard InChI is InChI=1S/C19H15ClN2O3/c1-11-4-2-3-5-14(11)19-21-15-9-13(6-7-16(15)25-19)22-10-12(18(20)24)8-17(22)23/h2-7,9,12H,8,10H2,1H3/t12-/m0/s1. The summed E-state index contributed by atoms with van der Waals surface area (Å²) in [4.78, 5) is 29.6. The van der Waals surface area contributed by atoms with E-state index in [0.29, 0.717) is 29.2 Å². The Morgan fingerprint density at radius 1 is 1.28 bits per heavy atom. The van der Waals surface area contributed by atoms with Crippen molar-refractivity contribution < 1.29 is 14.0 Å². The Hall–Kier alpha value is -2.66. The SMILES string of the molecule is Cc1ccccc1-c1nc2cc(N3C[C@@H](C(=O)Cl)CC3=O)ccc2o1. The molecule has 1 atom stereocenters. The molecule has 1 aliphatic rings. The minimum absolute atomic E-state index is 0.110. The second-order valence-electron chi connectivity index (χ2n) is 6.20. The highest BCUT2D eigenvalue weighted by atomic mass is 35.5. The summed E-state index contributed by atoms with van der Waals surface area (Å²) in [6, 6.07) is 13.3. The molecule has 0 unspecified atom stereocenters. The lowest BCUT2D eigenvalue weighted by Crippen LogP contribution is -2.25. The third-order valence-electron chi connectivity index (χ3n) is 4.50. The maximum Gasteiger partial charge on any atom is 0.227 e. The first-order chi connectivity index (χ1) is 12.0. The van der Waals surface area contributed by atoms with Crippen LogP contribution in [0, 0.1) is 12.8 Å². The van der Waals surface area contributed by atoms with Crippen LogP contribution in [0.4, 0.5) is 5.69 Å². The molecule has 1 aliphatic heterocycles. The number of benzene rings is 2. The molecule has 5 nitrogen and oxygen atoms in total. The van der Waals surface area contributed by atoms with Gasteiger partial charge in [-0.1, -0.05) is 18.2 Å². The lowest BCUT2D eigenvalue weighted by atomic mass is 10.1. The Morgan fingerprint density at radius 3 is 2.80 bits per heavy atom. The van der Waals surface area contributed by atoms with Crippen LogP contribution >= 0.6 is 11.6 Å². The monoisotopic (exact) mass is 354 g/mol. The molecule has 3 aromatic rings. The van der Waals surface area contributed by atoms with Gasteiger partial charge in [-0.05, 0) is 48.4 Å². The molecular formula is C19H15ClN2O3. The number of halogens is 1. The highest BCUT2D eigenvalue weighted by Gasteiger charge is 2.34. The van der Waals surface area contributed by atoms with E-state index < -0.39 is 11.2 Å². The van der Waals surface area contributed by atoms with Gasteiger partial charge in [0.05, 0.1) is 5.92 Å². The molecule has 25 heavy (non-hydrogen) atoms. The number of hydrogen-bond donors (Lipinski definition) is 0. The van der Waals surface area contributed by atoms with Gasteiger partial charge in [0.15, 0.2) is 5.58 Å². The molecule has 126 valence electrons. The van der Waals surface area contributed by atoms with Crippen LogP contribution in [0.25, 0.3) is 22.6 Å².